The van der Waals surface area contributed by atoms with Gasteiger partial charge >= 0.3 is 5.97 Å². The minimum atomic E-state index is -0.329. The van der Waals surface area contributed by atoms with Crippen molar-refractivity contribution in [2.24, 2.45) is 0 Å². The van der Waals surface area contributed by atoms with Crippen molar-refractivity contribution < 1.29 is 9.53 Å². The third-order valence-electron chi connectivity index (χ3n) is 7.15. The number of benzene rings is 3. The van der Waals surface area contributed by atoms with Gasteiger partial charge in [-0.2, -0.15) is 0 Å². The van der Waals surface area contributed by atoms with Gasteiger partial charge in [0.15, 0.2) is 0 Å². The van der Waals surface area contributed by atoms with Gasteiger partial charge in [-0.3, -0.25) is 4.90 Å². The van der Waals surface area contributed by atoms with Crippen molar-refractivity contribution in [1.29, 1.82) is 0 Å². The summed E-state index contributed by atoms with van der Waals surface area (Å²) in [5.41, 5.74) is 7.74. The van der Waals surface area contributed by atoms with Gasteiger partial charge in [0.1, 0.15) is 0 Å². The van der Waals surface area contributed by atoms with Crippen LogP contribution in [0, 0.1) is 0 Å². The molecule has 4 aromatic rings. The van der Waals surface area contributed by atoms with Gasteiger partial charge in [0.05, 0.1) is 7.11 Å². The fourth-order valence-electron chi connectivity index (χ4n) is 5.24. The number of hydrogen-bond acceptors (Lipinski definition) is 4. The first-order valence-corrected chi connectivity index (χ1v) is 13.7. The predicted octanol–water partition coefficient (Wildman–Crippen LogP) is 6.81. The Labute approximate surface area is 217 Å². The lowest BCUT2D eigenvalue weighted by molar-refractivity contribution is -0.134. The summed E-state index contributed by atoms with van der Waals surface area (Å²) in [5.74, 6) is -0.329. The summed E-state index contributed by atoms with van der Waals surface area (Å²) in [6.45, 7) is 1.91. The van der Waals surface area contributed by atoms with Gasteiger partial charge in [0.2, 0.25) is 0 Å². The molecule has 3 aromatic carbocycles. The van der Waals surface area contributed by atoms with Crippen molar-refractivity contribution in [3.63, 3.8) is 0 Å². The van der Waals surface area contributed by atoms with Gasteiger partial charge in [-0.25, -0.2) is 4.79 Å². The highest BCUT2D eigenvalue weighted by atomic mass is 32.2. The zero-order chi connectivity index (χ0) is 24.9. The summed E-state index contributed by atoms with van der Waals surface area (Å²) < 4.78 is 4.73. The van der Waals surface area contributed by atoms with Gasteiger partial charge in [0, 0.05) is 47.2 Å². The van der Waals surface area contributed by atoms with E-state index in [1.807, 2.05) is 6.08 Å². The lowest BCUT2D eigenvalue weighted by Gasteiger charge is -2.30. The van der Waals surface area contributed by atoms with E-state index >= 15 is 0 Å². The lowest BCUT2D eigenvalue weighted by atomic mass is 10.0. The number of aryl methyl sites for hydroxylation is 1. The molecule has 1 N–H and O–H groups in total. The normalized spacial score (nSPS) is 15.1. The van der Waals surface area contributed by atoms with Crippen LogP contribution in [0.2, 0.25) is 0 Å². The molecule has 0 amide bonds. The SMILES string of the molecule is COC(=O)/C=C/c1ccc2c(c1)CCC2N(CCc1c[nH]c2ccccc12)Cc1ccc(SC)cc1. The maximum Gasteiger partial charge on any atom is 0.330 e. The molecule has 0 fully saturated rings. The van der Waals surface area contributed by atoms with Gasteiger partial charge in [-0.15, -0.1) is 11.8 Å². The van der Waals surface area contributed by atoms with Crippen LogP contribution < -0.4 is 0 Å². The van der Waals surface area contributed by atoms with Crippen molar-refractivity contribution in [2.45, 2.75) is 36.7 Å². The van der Waals surface area contributed by atoms with E-state index in [1.54, 1.807) is 11.8 Å². The van der Waals surface area contributed by atoms with E-state index in [9.17, 15) is 4.79 Å². The van der Waals surface area contributed by atoms with Crippen molar-refractivity contribution in [3.05, 3.63) is 107 Å². The number of carbonyl (C=O) groups is 1. The van der Waals surface area contributed by atoms with Crippen molar-refractivity contribution in [2.75, 3.05) is 19.9 Å². The Morgan fingerprint density at radius 3 is 2.78 bits per heavy atom. The Hall–Kier alpha value is -3.28. The van der Waals surface area contributed by atoms with Gasteiger partial charge in [-0.05, 0) is 77.6 Å². The first-order valence-electron chi connectivity index (χ1n) is 12.5. The summed E-state index contributed by atoms with van der Waals surface area (Å²) in [5, 5.41) is 1.32. The van der Waals surface area contributed by atoms with E-state index in [1.165, 1.54) is 51.2 Å². The molecule has 0 spiro atoms. The topological polar surface area (TPSA) is 45.3 Å². The quantitative estimate of drug-likeness (QED) is 0.157. The molecule has 4 nitrogen and oxygen atoms in total. The zero-order valence-electron chi connectivity index (χ0n) is 20.9. The highest BCUT2D eigenvalue weighted by Crippen LogP contribution is 2.37. The molecule has 0 radical (unpaired) electrons. The minimum Gasteiger partial charge on any atom is -0.466 e. The lowest BCUT2D eigenvalue weighted by Crippen LogP contribution is -2.29. The number of nitrogens with zero attached hydrogens (tertiary/aromatic N) is 1. The third-order valence-corrected chi connectivity index (χ3v) is 7.90. The molecule has 5 heteroatoms. The number of rotatable bonds is 9. The smallest absolute Gasteiger partial charge is 0.330 e. The first-order chi connectivity index (χ1) is 17.6. The van der Waals surface area contributed by atoms with E-state index in [-0.39, 0.29) is 5.97 Å². The fraction of sp³-hybridized carbons (Fsp3) is 0.258. The first kappa shape index (κ1) is 24.4. The number of nitrogens with one attached hydrogen (secondary N) is 1. The van der Waals surface area contributed by atoms with Gasteiger partial charge in [0.25, 0.3) is 0 Å². The molecule has 0 saturated heterocycles. The van der Waals surface area contributed by atoms with E-state index in [0.717, 1.165) is 37.9 Å². The summed E-state index contributed by atoms with van der Waals surface area (Å²) in [6, 6.07) is 24.5. The highest BCUT2D eigenvalue weighted by Gasteiger charge is 2.28. The summed E-state index contributed by atoms with van der Waals surface area (Å²) in [4.78, 5) is 18.9. The molecular weight excluding hydrogens is 464 g/mol. The second-order valence-corrected chi connectivity index (χ2v) is 10.2. The average Bonchev–Trinajstić information content (AvgIpc) is 3.54. The average molecular weight is 497 g/mol. The molecule has 1 aliphatic carbocycles. The minimum absolute atomic E-state index is 0.329. The molecule has 0 saturated carbocycles. The van der Waals surface area contributed by atoms with Crippen LogP contribution in [0.3, 0.4) is 0 Å². The predicted molar refractivity (Wildman–Crippen MR) is 149 cm³/mol. The Morgan fingerprint density at radius 2 is 1.97 bits per heavy atom. The maximum atomic E-state index is 11.5. The monoisotopic (exact) mass is 496 g/mol. The Kier molecular flexibility index (Phi) is 7.59. The molecule has 1 heterocycles. The number of para-hydroxylation sites is 1. The van der Waals surface area contributed by atoms with Crippen LogP contribution in [0.25, 0.3) is 17.0 Å². The number of esters is 1. The van der Waals surface area contributed by atoms with Crippen LogP contribution in [0.15, 0.2) is 83.9 Å². The summed E-state index contributed by atoms with van der Waals surface area (Å²) in [7, 11) is 1.40. The highest BCUT2D eigenvalue weighted by molar-refractivity contribution is 7.98. The number of H-pyrrole nitrogens is 1. The van der Waals surface area contributed by atoms with Crippen molar-refractivity contribution in [1.82, 2.24) is 9.88 Å². The van der Waals surface area contributed by atoms with E-state index in [4.69, 9.17) is 4.74 Å². The molecule has 1 unspecified atom stereocenters. The molecular formula is C31H32N2O2S. The standard InChI is InChI=1S/C31H32N2O2S/c1-35-31(34)16-10-22-9-14-28-24(19-22)11-15-30(28)33(21-23-7-12-26(36-2)13-8-23)18-17-25-20-32-29-6-4-3-5-27(25)29/h3-10,12-14,16,19-20,30,32H,11,15,17-18,21H2,1-2H3/b16-10+. The Balaban J connectivity index is 1.39. The number of carbonyl (C=O) groups excluding carboxylic acids is 1. The summed E-state index contributed by atoms with van der Waals surface area (Å²) in [6.07, 6.45) is 10.8. The number of fused-ring (bicyclic) bond motifs is 2. The van der Waals surface area contributed by atoms with Crippen LogP contribution in [-0.4, -0.2) is 35.8 Å². The second kappa shape index (κ2) is 11.2. The van der Waals surface area contributed by atoms with Crippen molar-refractivity contribution >= 4 is 34.7 Å². The number of aromatic amines is 1. The molecule has 184 valence electrons. The third kappa shape index (κ3) is 5.43. The summed E-state index contributed by atoms with van der Waals surface area (Å²) >= 11 is 1.78. The maximum absolute atomic E-state index is 11.5. The van der Waals surface area contributed by atoms with Gasteiger partial charge in [-0.1, -0.05) is 48.5 Å². The van der Waals surface area contributed by atoms with Crippen molar-refractivity contribution in [3.8, 4) is 0 Å². The second-order valence-electron chi connectivity index (χ2n) is 9.30. The van der Waals surface area contributed by atoms with E-state index in [2.05, 4.69) is 89.1 Å². The number of methoxy groups -OCH3 is 1. The van der Waals surface area contributed by atoms with Crippen LogP contribution in [-0.2, 0) is 28.9 Å². The van der Waals surface area contributed by atoms with Crippen LogP contribution in [0.1, 0.15) is 40.3 Å². The Morgan fingerprint density at radius 1 is 1.14 bits per heavy atom. The number of thioether (sulfide) groups is 1. The molecule has 36 heavy (non-hydrogen) atoms. The zero-order valence-corrected chi connectivity index (χ0v) is 21.7. The molecule has 0 aliphatic heterocycles. The molecule has 1 aliphatic rings. The Bertz CT molecular complexity index is 1370. The fourth-order valence-corrected chi connectivity index (χ4v) is 5.65. The number of ether oxygens (including phenoxy) is 1. The van der Waals surface area contributed by atoms with Crippen LogP contribution in [0.5, 0.6) is 0 Å². The van der Waals surface area contributed by atoms with E-state index in [0.29, 0.717) is 6.04 Å². The molecule has 1 aromatic heterocycles. The molecule has 1 atom stereocenters. The largest absolute Gasteiger partial charge is 0.466 e. The van der Waals surface area contributed by atoms with E-state index < -0.39 is 0 Å². The number of aromatic nitrogens is 1. The van der Waals surface area contributed by atoms with Gasteiger partial charge < -0.3 is 9.72 Å². The number of hydrogen-bond donors (Lipinski definition) is 1. The van der Waals surface area contributed by atoms with Crippen LogP contribution in [0.4, 0.5) is 0 Å². The van der Waals surface area contributed by atoms with Crippen LogP contribution >= 0.6 is 11.8 Å². The molecule has 5 rings (SSSR count). The molecule has 0 bridgehead atoms.